The molecule has 114 valence electrons. The lowest BCUT2D eigenvalue weighted by Gasteiger charge is -2.38. The maximum atomic E-state index is 14.2. The van der Waals surface area contributed by atoms with Gasteiger partial charge in [0.05, 0.1) is 12.6 Å². The van der Waals surface area contributed by atoms with Crippen LogP contribution >= 0.6 is 0 Å². The van der Waals surface area contributed by atoms with Crippen molar-refractivity contribution >= 4 is 0 Å². The molecule has 20 heavy (non-hydrogen) atoms. The molecule has 0 aliphatic heterocycles. The van der Waals surface area contributed by atoms with E-state index in [4.69, 9.17) is 10.5 Å². The first kappa shape index (κ1) is 17.1. The van der Waals surface area contributed by atoms with Crippen LogP contribution in [0.2, 0.25) is 0 Å². The van der Waals surface area contributed by atoms with Crippen LogP contribution in [0.4, 0.5) is 4.39 Å². The molecule has 0 radical (unpaired) electrons. The lowest BCUT2D eigenvalue weighted by molar-refractivity contribution is 0.0815. The highest BCUT2D eigenvalue weighted by atomic mass is 19.1. The Morgan fingerprint density at radius 1 is 1.30 bits per heavy atom. The van der Waals surface area contributed by atoms with E-state index in [1.54, 1.807) is 13.2 Å². The van der Waals surface area contributed by atoms with Crippen LogP contribution < -0.4 is 5.73 Å². The second-order valence-corrected chi connectivity index (χ2v) is 5.36. The third-order valence-electron chi connectivity index (χ3n) is 3.68. The van der Waals surface area contributed by atoms with Gasteiger partial charge in [-0.25, -0.2) is 4.39 Å². The molecule has 0 saturated carbocycles. The summed E-state index contributed by atoms with van der Waals surface area (Å²) in [6.45, 7) is 7.59. The van der Waals surface area contributed by atoms with Gasteiger partial charge < -0.3 is 10.5 Å². The van der Waals surface area contributed by atoms with Crippen molar-refractivity contribution in [1.29, 1.82) is 0 Å². The van der Waals surface area contributed by atoms with Crippen molar-refractivity contribution in [2.24, 2.45) is 5.73 Å². The van der Waals surface area contributed by atoms with Crippen molar-refractivity contribution in [1.82, 2.24) is 4.90 Å². The first-order chi connectivity index (χ1) is 9.52. The Bertz CT molecular complexity index is 398. The monoisotopic (exact) mass is 282 g/mol. The van der Waals surface area contributed by atoms with E-state index in [2.05, 4.69) is 18.7 Å². The summed E-state index contributed by atoms with van der Waals surface area (Å²) in [7, 11) is 1.68. The molecular formula is C16H27FN2O. The number of ether oxygens (including phenoxy) is 1. The molecule has 2 N–H and O–H groups in total. The molecule has 1 rings (SSSR count). The topological polar surface area (TPSA) is 38.5 Å². The maximum absolute atomic E-state index is 14.2. The van der Waals surface area contributed by atoms with Crippen LogP contribution in [0.25, 0.3) is 0 Å². The second-order valence-electron chi connectivity index (χ2n) is 5.36. The zero-order chi connectivity index (χ0) is 15.1. The van der Waals surface area contributed by atoms with E-state index in [1.165, 1.54) is 6.07 Å². The summed E-state index contributed by atoms with van der Waals surface area (Å²) in [6, 6.07) is 6.94. The lowest BCUT2D eigenvalue weighted by Crippen LogP contribution is -2.46. The highest BCUT2D eigenvalue weighted by Gasteiger charge is 2.29. The molecule has 0 saturated heterocycles. The number of hydrogen-bond acceptors (Lipinski definition) is 3. The molecule has 2 unspecified atom stereocenters. The molecule has 0 heterocycles. The van der Waals surface area contributed by atoms with Crippen LogP contribution in [0.3, 0.4) is 0 Å². The van der Waals surface area contributed by atoms with Crippen LogP contribution in [-0.2, 0) is 4.74 Å². The number of halogens is 1. The molecule has 0 aliphatic carbocycles. The van der Waals surface area contributed by atoms with Gasteiger partial charge in [0.25, 0.3) is 0 Å². The minimum absolute atomic E-state index is 0.105. The number of nitrogens with zero attached hydrogens (tertiary/aromatic N) is 1. The Labute approximate surface area is 121 Å². The standard InChI is InChI=1S/C16H27FN2O/c1-5-15(18)16(13-8-6-7-9-14(13)17)19(12(2)3)10-11-20-4/h6-9,12,15-16H,5,10-11,18H2,1-4H3. The molecule has 0 aliphatic rings. The number of hydrogen-bond donors (Lipinski definition) is 1. The van der Waals surface area contributed by atoms with E-state index in [1.807, 2.05) is 19.1 Å². The van der Waals surface area contributed by atoms with Gasteiger partial charge >= 0.3 is 0 Å². The van der Waals surface area contributed by atoms with Crippen molar-refractivity contribution in [3.8, 4) is 0 Å². The Morgan fingerprint density at radius 2 is 1.95 bits per heavy atom. The van der Waals surface area contributed by atoms with Crippen LogP contribution in [0.1, 0.15) is 38.8 Å². The number of methoxy groups -OCH3 is 1. The van der Waals surface area contributed by atoms with Gasteiger partial charge in [0.1, 0.15) is 5.82 Å². The van der Waals surface area contributed by atoms with E-state index >= 15 is 0 Å². The van der Waals surface area contributed by atoms with Crippen molar-refractivity contribution < 1.29 is 9.13 Å². The summed E-state index contributed by atoms with van der Waals surface area (Å²) in [5, 5.41) is 0. The predicted molar refractivity (Wildman–Crippen MR) is 81.1 cm³/mol. The summed E-state index contributed by atoms with van der Waals surface area (Å²) in [5.41, 5.74) is 6.95. The molecule has 0 fully saturated rings. The van der Waals surface area contributed by atoms with Crippen molar-refractivity contribution in [3.63, 3.8) is 0 Å². The minimum atomic E-state index is -0.190. The van der Waals surface area contributed by atoms with Gasteiger partial charge in [-0.05, 0) is 26.3 Å². The third kappa shape index (κ3) is 4.27. The number of nitrogens with two attached hydrogens (primary N) is 1. The van der Waals surface area contributed by atoms with E-state index in [0.29, 0.717) is 12.2 Å². The molecule has 3 nitrogen and oxygen atoms in total. The summed E-state index contributed by atoms with van der Waals surface area (Å²) >= 11 is 0. The number of rotatable bonds is 8. The van der Waals surface area contributed by atoms with Gasteiger partial charge in [-0.3, -0.25) is 4.90 Å². The summed E-state index contributed by atoms with van der Waals surface area (Å²) < 4.78 is 19.3. The largest absolute Gasteiger partial charge is 0.383 e. The smallest absolute Gasteiger partial charge is 0.128 e. The molecule has 4 heteroatoms. The SMILES string of the molecule is CCC(N)C(c1ccccc1F)N(CCOC)C(C)C. The Morgan fingerprint density at radius 3 is 2.45 bits per heavy atom. The van der Waals surface area contributed by atoms with E-state index in [0.717, 1.165) is 13.0 Å². The quantitative estimate of drug-likeness (QED) is 0.796. The van der Waals surface area contributed by atoms with Crippen molar-refractivity contribution in [3.05, 3.63) is 35.6 Å². The zero-order valence-corrected chi connectivity index (χ0v) is 13.0. The van der Waals surface area contributed by atoms with Crippen LogP contribution in [-0.4, -0.2) is 37.2 Å². The van der Waals surface area contributed by atoms with E-state index < -0.39 is 0 Å². The highest BCUT2D eigenvalue weighted by molar-refractivity contribution is 5.23. The minimum Gasteiger partial charge on any atom is -0.383 e. The Balaban J connectivity index is 3.12. The summed E-state index contributed by atoms with van der Waals surface area (Å²) in [4.78, 5) is 2.22. The molecule has 1 aromatic rings. The number of benzene rings is 1. The van der Waals surface area contributed by atoms with Gasteiger partial charge in [-0.2, -0.15) is 0 Å². The second kappa shape index (κ2) is 8.35. The average molecular weight is 282 g/mol. The third-order valence-corrected chi connectivity index (χ3v) is 3.68. The molecule has 0 spiro atoms. The first-order valence-corrected chi connectivity index (χ1v) is 7.27. The molecule has 2 atom stereocenters. The highest BCUT2D eigenvalue weighted by Crippen LogP contribution is 2.28. The van der Waals surface area contributed by atoms with Crippen molar-refractivity contribution in [2.45, 2.75) is 45.3 Å². The molecular weight excluding hydrogens is 255 g/mol. The molecule has 0 amide bonds. The average Bonchev–Trinajstić information content (AvgIpc) is 2.43. The fourth-order valence-corrected chi connectivity index (χ4v) is 2.51. The maximum Gasteiger partial charge on any atom is 0.128 e. The fourth-order valence-electron chi connectivity index (χ4n) is 2.51. The molecule has 1 aromatic carbocycles. The van der Waals surface area contributed by atoms with Gasteiger partial charge in [0.2, 0.25) is 0 Å². The molecule has 0 aromatic heterocycles. The van der Waals surface area contributed by atoms with E-state index in [9.17, 15) is 4.39 Å². The van der Waals surface area contributed by atoms with E-state index in [-0.39, 0.29) is 23.9 Å². The van der Waals surface area contributed by atoms with Crippen LogP contribution in [0, 0.1) is 5.82 Å². The summed E-state index contributed by atoms with van der Waals surface area (Å²) in [5.74, 6) is -0.190. The van der Waals surface area contributed by atoms with Crippen LogP contribution in [0.15, 0.2) is 24.3 Å². The van der Waals surface area contributed by atoms with Gasteiger partial charge in [0.15, 0.2) is 0 Å². The molecule has 0 bridgehead atoms. The Hall–Kier alpha value is -0.970. The van der Waals surface area contributed by atoms with Gasteiger partial charge in [-0.15, -0.1) is 0 Å². The van der Waals surface area contributed by atoms with Crippen molar-refractivity contribution in [2.75, 3.05) is 20.3 Å². The van der Waals surface area contributed by atoms with Gasteiger partial charge in [0, 0.05) is 31.3 Å². The van der Waals surface area contributed by atoms with Crippen LogP contribution in [0.5, 0.6) is 0 Å². The lowest BCUT2D eigenvalue weighted by atomic mass is 9.94. The predicted octanol–water partition coefficient (Wildman–Crippen LogP) is 2.96. The Kier molecular flexibility index (Phi) is 7.13. The fraction of sp³-hybridized carbons (Fsp3) is 0.625. The zero-order valence-electron chi connectivity index (χ0n) is 13.0. The summed E-state index contributed by atoms with van der Waals surface area (Å²) in [6.07, 6.45) is 0.801. The first-order valence-electron chi connectivity index (χ1n) is 7.27. The normalized spacial score (nSPS) is 14.8. The van der Waals surface area contributed by atoms with Gasteiger partial charge in [-0.1, -0.05) is 25.1 Å².